The van der Waals surface area contributed by atoms with Gasteiger partial charge in [-0.15, -0.1) is 0 Å². The average molecular weight is 406 g/mol. The first-order valence-electron chi connectivity index (χ1n) is 10.3. The van der Waals surface area contributed by atoms with E-state index in [0.29, 0.717) is 13.1 Å². The van der Waals surface area contributed by atoms with Gasteiger partial charge in [-0.25, -0.2) is 0 Å². The number of hydrogen-bond acceptors (Lipinski definition) is 4. The van der Waals surface area contributed by atoms with Crippen molar-refractivity contribution >= 4 is 17.5 Å². The molecule has 0 radical (unpaired) electrons. The predicted molar refractivity (Wildman–Crippen MR) is 112 cm³/mol. The minimum Gasteiger partial charge on any atom is -0.360 e. The number of amides is 2. The summed E-state index contributed by atoms with van der Waals surface area (Å²) in [6.45, 7) is 5.00. The number of anilines is 1. The number of aryl methyl sites for hydroxylation is 3. The fraction of sp³-hybridized carbons (Fsp3) is 0.435. The van der Waals surface area contributed by atoms with Crippen LogP contribution in [0.4, 0.5) is 5.69 Å². The summed E-state index contributed by atoms with van der Waals surface area (Å²) in [6, 6.07) is 6.04. The Morgan fingerprint density at radius 2 is 2.13 bits per heavy atom. The molecule has 2 aromatic rings. The Morgan fingerprint density at radius 3 is 2.83 bits per heavy atom. The van der Waals surface area contributed by atoms with E-state index in [1.165, 1.54) is 5.56 Å². The van der Waals surface area contributed by atoms with E-state index in [2.05, 4.69) is 12.0 Å². The maximum absolute atomic E-state index is 13.5. The van der Waals surface area contributed by atoms with Crippen molar-refractivity contribution in [3.63, 3.8) is 0 Å². The van der Waals surface area contributed by atoms with Crippen molar-refractivity contribution in [3.8, 4) is 0 Å². The highest BCUT2D eigenvalue weighted by atomic mass is 16.5. The highest BCUT2D eigenvalue weighted by Gasteiger charge is 2.67. The third-order valence-electron chi connectivity index (χ3n) is 6.74. The molecule has 1 aromatic carbocycles. The van der Waals surface area contributed by atoms with Crippen LogP contribution in [0.1, 0.15) is 16.7 Å². The van der Waals surface area contributed by atoms with Crippen LogP contribution in [0.5, 0.6) is 0 Å². The van der Waals surface area contributed by atoms with Gasteiger partial charge < -0.3 is 14.5 Å². The zero-order valence-corrected chi connectivity index (χ0v) is 17.7. The Kier molecular flexibility index (Phi) is 4.15. The Bertz CT molecular complexity index is 1070. The SMILES string of the molecule is Cc1ccc(N2C[C@@]34C=C[C@@H](O3)C(C(=O)N(C)Cc3cnn(C)c3)C4C2=O)cc1C. The molecule has 1 spiro atoms. The van der Waals surface area contributed by atoms with Gasteiger partial charge in [0.2, 0.25) is 11.8 Å². The van der Waals surface area contributed by atoms with Gasteiger partial charge in [-0.05, 0) is 37.1 Å². The third kappa shape index (κ3) is 2.72. The topological polar surface area (TPSA) is 67.7 Å². The van der Waals surface area contributed by atoms with Crippen molar-refractivity contribution in [3.05, 3.63) is 59.4 Å². The Hall–Kier alpha value is -2.93. The fourth-order valence-electron chi connectivity index (χ4n) is 5.05. The molecule has 3 aliphatic rings. The summed E-state index contributed by atoms with van der Waals surface area (Å²) in [5.41, 5.74) is 3.43. The molecule has 2 bridgehead atoms. The maximum atomic E-state index is 13.5. The van der Waals surface area contributed by atoms with E-state index in [4.69, 9.17) is 4.74 Å². The van der Waals surface area contributed by atoms with Gasteiger partial charge in [-0.3, -0.25) is 14.3 Å². The quantitative estimate of drug-likeness (QED) is 0.729. The summed E-state index contributed by atoms with van der Waals surface area (Å²) in [4.78, 5) is 30.3. The number of ether oxygens (including phenoxy) is 1. The van der Waals surface area contributed by atoms with Crippen molar-refractivity contribution in [1.82, 2.24) is 14.7 Å². The molecule has 7 nitrogen and oxygen atoms in total. The number of fused-ring (bicyclic) bond motifs is 1. The second-order valence-electron chi connectivity index (χ2n) is 8.81. The van der Waals surface area contributed by atoms with Gasteiger partial charge in [-0.2, -0.15) is 5.10 Å². The lowest BCUT2D eigenvalue weighted by atomic mass is 9.76. The average Bonchev–Trinajstić information content (AvgIpc) is 3.45. The Balaban J connectivity index is 1.42. The molecular formula is C23H26N4O3. The number of hydrogen-bond donors (Lipinski definition) is 0. The first-order valence-corrected chi connectivity index (χ1v) is 10.3. The molecule has 7 heteroatoms. The molecule has 0 N–H and O–H groups in total. The second-order valence-corrected chi connectivity index (χ2v) is 8.81. The van der Waals surface area contributed by atoms with E-state index in [1.807, 2.05) is 50.5 Å². The van der Waals surface area contributed by atoms with Crippen LogP contribution in [-0.2, 0) is 27.9 Å². The number of carbonyl (C=O) groups excluding carboxylic acids is 2. The lowest BCUT2D eigenvalue weighted by Crippen LogP contribution is -2.44. The van der Waals surface area contributed by atoms with E-state index in [0.717, 1.165) is 16.8 Å². The number of nitrogens with zero attached hydrogens (tertiary/aromatic N) is 4. The molecule has 0 aliphatic carbocycles. The van der Waals surface area contributed by atoms with E-state index in [1.54, 1.807) is 27.7 Å². The molecule has 3 aliphatic heterocycles. The largest absolute Gasteiger partial charge is 0.360 e. The van der Waals surface area contributed by atoms with Crippen LogP contribution in [0.25, 0.3) is 0 Å². The van der Waals surface area contributed by atoms with Gasteiger partial charge in [0.15, 0.2) is 0 Å². The number of carbonyl (C=O) groups is 2. The van der Waals surface area contributed by atoms with Crippen molar-refractivity contribution in [2.75, 3.05) is 18.5 Å². The Labute approximate surface area is 175 Å². The van der Waals surface area contributed by atoms with Gasteiger partial charge in [0.05, 0.1) is 30.7 Å². The van der Waals surface area contributed by atoms with Crippen LogP contribution in [0.2, 0.25) is 0 Å². The first-order chi connectivity index (χ1) is 14.3. The number of benzene rings is 1. The van der Waals surface area contributed by atoms with Gasteiger partial charge in [-0.1, -0.05) is 18.2 Å². The first kappa shape index (κ1) is 19.1. The fourth-order valence-corrected chi connectivity index (χ4v) is 5.05. The van der Waals surface area contributed by atoms with E-state index in [-0.39, 0.29) is 17.9 Å². The number of rotatable bonds is 4. The smallest absolute Gasteiger partial charge is 0.234 e. The molecule has 30 heavy (non-hydrogen) atoms. The summed E-state index contributed by atoms with van der Waals surface area (Å²) in [5.74, 6) is -1.08. The summed E-state index contributed by atoms with van der Waals surface area (Å²) >= 11 is 0. The second kappa shape index (κ2) is 6.54. The summed E-state index contributed by atoms with van der Waals surface area (Å²) in [7, 11) is 3.63. The zero-order chi connectivity index (χ0) is 21.2. The lowest BCUT2D eigenvalue weighted by molar-refractivity contribution is -0.139. The van der Waals surface area contributed by atoms with Gasteiger partial charge in [0.25, 0.3) is 0 Å². The van der Waals surface area contributed by atoms with E-state index < -0.39 is 17.4 Å². The maximum Gasteiger partial charge on any atom is 0.234 e. The van der Waals surface area contributed by atoms with Crippen LogP contribution < -0.4 is 4.90 Å². The molecule has 0 saturated carbocycles. The third-order valence-corrected chi connectivity index (χ3v) is 6.74. The Morgan fingerprint density at radius 1 is 1.33 bits per heavy atom. The van der Waals surface area contributed by atoms with Crippen LogP contribution in [-0.4, -0.2) is 51.8 Å². The summed E-state index contributed by atoms with van der Waals surface area (Å²) < 4.78 is 7.98. The van der Waals surface area contributed by atoms with Crippen molar-refractivity contribution in [2.45, 2.75) is 32.1 Å². The highest BCUT2D eigenvalue weighted by molar-refractivity contribution is 6.03. The minimum absolute atomic E-state index is 0.0294. The normalized spacial score (nSPS) is 29.0. The predicted octanol–water partition coefficient (Wildman–Crippen LogP) is 1.98. The molecule has 2 fully saturated rings. The molecule has 2 unspecified atom stereocenters. The monoisotopic (exact) mass is 406 g/mol. The number of aromatic nitrogens is 2. The van der Waals surface area contributed by atoms with Crippen LogP contribution >= 0.6 is 0 Å². The molecule has 4 atom stereocenters. The molecule has 2 amide bonds. The van der Waals surface area contributed by atoms with Gasteiger partial charge in [0, 0.05) is 38.1 Å². The van der Waals surface area contributed by atoms with Gasteiger partial charge in [0.1, 0.15) is 5.60 Å². The molecule has 2 saturated heterocycles. The molecule has 5 rings (SSSR count). The molecule has 4 heterocycles. The van der Waals surface area contributed by atoms with E-state index >= 15 is 0 Å². The molecule has 1 aromatic heterocycles. The highest BCUT2D eigenvalue weighted by Crippen LogP contribution is 2.53. The standard InChI is InChI=1S/C23H26N4O3/c1-14-5-6-17(9-15(14)2)27-13-23-8-7-18(30-23)19(20(23)22(27)29)21(28)25(3)11-16-10-24-26(4)12-16/h5-10,12,18-20H,11,13H2,1-4H3/t18-,19?,20?,23-/m1/s1. The van der Waals surface area contributed by atoms with Crippen LogP contribution in [0.3, 0.4) is 0 Å². The van der Waals surface area contributed by atoms with Gasteiger partial charge >= 0.3 is 0 Å². The molecule has 156 valence electrons. The van der Waals surface area contributed by atoms with Crippen LogP contribution in [0.15, 0.2) is 42.7 Å². The van der Waals surface area contributed by atoms with E-state index in [9.17, 15) is 9.59 Å². The minimum atomic E-state index is -0.712. The van der Waals surface area contributed by atoms with Crippen molar-refractivity contribution in [2.24, 2.45) is 18.9 Å². The van der Waals surface area contributed by atoms with Crippen molar-refractivity contribution < 1.29 is 14.3 Å². The van der Waals surface area contributed by atoms with Crippen molar-refractivity contribution in [1.29, 1.82) is 0 Å². The lowest BCUT2D eigenvalue weighted by Gasteiger charge is -2.27. The zero-order valence-electron chi connectivity index (χ0n) is 17.7. The molecular weight excluding hydrogens is 380 g/mol. The summed E-state index contributed by atoms with van der Waals surface area (Å²) in [6.07, 6.45) is 7.25. The van der Waals surface area contributed by atoms with Crippen LogP contribution in [0, 0.1) is 25.7 Å². The summed E-state index contributed by atoms with van der Waals surface area (Å²) in [5, 5.41) is 4.17.